The third-order valence-corrected chi connectivity index (χ3v) is 19.4. The molecule has 6 amide bonds. The molecule has 2 aliphatic rings. The van der Waals surface area contributed by atoms with Gasteiger partial charge in [-0.05, 0) is 107 Å². The van der Waals surface area contributed by atoms with Crippen LogP contribution in [0.3, 0.4) is 0 Å². The summed E-state index contributed by atoms with van der Waals surface area (Å²) in [5.41, 5.74) is 6.80. The number of carboxylic acid groups (broad SMARTS) is 1. The number of nitrogens with one attached hydrogen (secondary N) is 2. The summed E-state index contributed by atoms with van der Waals surface area (Å²) in [5.74, 6) is -6.32. The number of thiazole rings is 1. The minimum Gasteiger partial charge on any atom is -0.481 e. The number of unbranched alkanes of at least 4 members (excludes halogenated alkanes) is 3. The maximum absolute atomic E-state index is 14.9. The van der Waals surface area contributed by atoms with E-state index in [9.17, 15) is 57.8 Å². The monoisotopic (exact) mass is 1260 g/mol. The molecule has 5 N–H and O–H groups in total. The number of Topliss-reactive ketones (excluding diaryl/α,β-unsaturated/α-hetero) is 3. The Hall–Kier alpha value is -5.87. The molecule has 4 rings (SSSR count). The van der Waals surface area contributed by atoms with Crippen LogP contribution in [-0.2, 0) is 65.5 Å². The quantitative estimate of drug-likeness (QED) is 0.0274. The van der Waals surface area contributed by atoms with E-state index in [1.54, 1.807) is 42.8 Å². The summed E-state index contributed by atoms with van der Waals surface area (Å²) in [6.07, 6.45) is 8.91. The molecule has 20 nitrogen and oxygen atoms in total. The molecule has 0 spiro atoms. The summed E-state index contributed by atoms with van der Waals surface area (Å²) in [6, 6.07) is 4.86. The summed E-state index contributed by atoms with van der Waals surface area (Å²) in [7, 11) is 1.97. The minimum atomic E-state index is -1.05. The van der Waals surface area contributed by atoms with Crippen LogP contribution in [0, 0.1) is 35.5 Å². The van der Waals surface area contributed by atoms with Gasteiger partial charge in [-0.1, -0.05) is 105 Å². The van der Waals surface area contributed by atoms with E-state index in [-0.39, 0.29) is 134 Å². The first-order valence-electron chi connectivity index (χ1n) is 32.0. The predicted molar refractivity (Wildman–Crippen MR) is 341 cm³/mol. The van der Waals surface area contributed by atoms with Gasteiger partial charge in [0.05, 0.1) is 23.3 Å². The zero-order valence-corrected chi connectivity index (χ0v) is 55.7. The van der Waals surface area contributed by atoms with Crippen LogP contribution in [0.4, 0.5) is 0 Å². The number of thioether (sulfide) groups is 1. The van der Waals surface area contributed by atoms with Gasteiger partial charge in [0.15, 0.2) is 17.7 Å². The van der Waals surface area contributed by atoms with E-state index >= 15 is 0 Å². The van der Waals surface area contributed by atoms with Gasteiger partial charge in [-0.2, -0.15) is 11.8 Å². The van der Waals surface area contributed by atoms with Crippen molar-refractivity contribution in [2.45, 2.75) is 226 Å². The summed E-state index contributed by atoms with van der Waals surface area (Å²) < 4.78 is 5.94. The third-order valence-electron chi connectivity index (χ3n) is 17.5. The number of esters is 1. The number of nitrogens with two attached hydrogens (primary N) is 1. The standard InChI is InChI=1S/C66H101N7O13S2/c1-12-29-72(64(82)50(42(7)13-2)36-56(77)53-23-18-20-30-71(53)10)54(41(5)6)37-57(86-44(9)74)63-70-52(39-88-63)62(81)68-47(32-43(8)66(84)85)33-45-25-27-46(28-26-45)34-55(76)51(22-16-17-24-59(67)78)69-61(80)49(40(3)4)35-48(75)21-15-14-19-31-73-60(79)38-58(87-11)65(73)83/h25-28,39-43,47,49-51,53-54,57-58H,12-24,29-38H2,1-11H3,(H2,67,78)(H,68,81)(H,69,80)(H,84,85)/t42-,43-,47+,49-,50-,51-,53+,54+,57+,58?/m0/s1. The van der Waals surface area contributed by atoms with Gasteiger partial charge in [-0.3, -0.25) is 62.5 Å². The second-order valence-electron chi connectivity index (χ2n) is 25.2. The van der Waals surface area contributed by atoms with E-state index in [0.29, 0.717) is 68.6 Å². The molecule has 2 aromatic rings. The van der Waals surface area contributed by atoms with Crippen molar-refractivity contribution in [2.75, 3.05) is 32.9 Å². The van der Waals surface area contributed by atoms with Crippen molar-refractivity contribution in [1.82, 2.24) is 30.3 Å². The second kappa shape index (κ2) is 37.3. The van der Waals surface area contributed by atoms with Gasteiger partial charge in [-0.25, -0.2) is 4.98 Å². The fourth-order valence-corrected chi connectivity index (χ4v) is 13.4. The van der Waals surface area contributed by atoms with Crippen molar-refractivity contribution >= 4 is 87.8 Å². The van der Waals surface area contributed by atoms with E-state index in [2.05, 4.69) is 15.5 Å². The van der Waals surface area contributed by atoms with Crippen molar-refractivity contribution in [2.24, 2.45) is 41.2 Å². The lowest BCUT2D eigenvalue weighted by Crippen LogP contribution is -2.50. The lowest BCUT2D eigenvalue weighted by atomic mass is 9.82. The molecule has 0 aliphatic carbocycles. The van der Waals surface area contributed by atoms with Crippen LogP contribution in [0.15, 0.2) is 29.6 Å². The first-order valence-corrected chi connectivity index (χ1v) is 34.1. The van der Waals surface area contributed by atoms with E-state index < -0.39 is 71.6 Å². The first-order chi connectivity index (χ1) is 41.7. The Kier molecular flexibility index (Phi) is 31.6. The van der Waals surface area contributed by atoms with E-state index in [1.165, 1.54) is 23.6 Å². The fourth-order valence-electron chi connectivity index (χ4n) is 11.9. The number of rotatable bonds is 41. The van der Waals surface area contributed by atoms with E-state index in [1.807, 2.05) is 60.4 Å². The number of likely N-dealkylation sites (tertiary alicyclic amines) is 2. The number of primary amides is 1. The number of benzene rings is 1. The third kappa shape index (κ3) is 23.5. The number of ketones is 3. The molecule has 1 unspecified atom stereocenters. The number of aromatic nitrogens is 1. The summed E-state index contributed by atoms with van der Waals surface area (Å²) in [6.45, 7) is 18.2. The molecule has 3 heterocycles. The summed E-state index contributed by atoms with van der Waals surface area (Å²) in [5, 5.41) is 17.5. The maximum atomic E-state index is 14.9. The van der Waals surface area contributed by atoms with Crippen molar-refractivity contribution in [3.8, 4) is 0 Å². The van der Waals surface area contributed by atoms with Gasteiger partial charge >= 0.3 is 11.9 Å². The molecule has 2 fully saturated rings. The van der Waals surface area contributed by atoms with Crippen LogP contribution in [-0.4, -0.2) is 152 Å². The average molecular weight is 1260 g/mol. The second-order valence-corrected chi connectivity index (χ2v) is 27.1. The van der Waals surface area contributed by atoms with Crippen LogP contribution < -0.4 is 16.4 Å². The Labute approximate surface area is 530 Å². The highest BCUT2D eigenvalue weighted by Gasteiger charge is 2.40. The number of carboxylic acids is 1. The number of imide groups is 1. The number of nitrogens with zero attached hydrogens (tertiary/aromatic N) is 4. The lowest BCUT2D eigenvalue weighted by molar-refractivity contribution is -0.150. The van der Waals surface area contributed by atoms with Crippen LogP contribution >= 0.6 is 23.1 Å². The molecule has 2 aliphatic heterocycles. The number of carbonyl (C=O) groups excluding carboxylic acids is 10. The van der Waals surface area contributed by atoms with E-state index in [0.717, 1.165) is 42.7 Å². The Morgan fingerprint density at radius 2 is 1.55 bits per heavy atom. The number of carbonyl (C=O) groups is 11. The zero-order chi connectivity index (χ0) is 65.4. The smallest absolute Gasteiger partial charge is 0.306 e. The minimum absolute atomic E-state index is 0.0224. The molecule has 0 radical (unpaired) electrons. The molecule has 0 bridgehead atoms. The molecule has 10 atom stereocenters. The fraction of sp³-hybridized carbons (Fsp3) is 0.697. The SMILES string of the molecule is CCCN(C(=O)[C@@H](CC(=O)[C@H]1CCCCN1C)[C@@H](C)CC)[C@H](C[C@@H](OC(C)=O)c1nc(C(=O)N[C@@H](Cc2ccc(CC(=O)[C@H](CCCCC(N)=O)NC(=O)[C@@H](CC(=O)CCCCCN3C(=O)CC(SC)C3=O)C(C)C)cc2)C[C@H](C)C(=O)O)cs1)C(C)C. The van der Waals surface area contributed by atoms with Crippen molar-refractivity contribution < 1.29 is 62.6 Å². The number of aliphatic carboxylic acids is 1. The van der Waals surface area contributed by atoms with Crippen molar-refractivity contribution in [3.63, 3.8) is 0 Å². The number of amides is 6. The van der Waals surface area contributed by atoms with Gasteiger partial charge < -0.3 is 31.1 Å². The Bertz CT molecular complexity index is 2680. The van der Waals surface area contributed by atoms with Crippen LogP contribution in [0.1, 0.15) is 211 Å². The normalized spacial score (nSPS) is 18.2. The van der Waals surface area contributed by atoms with E-state index in [4.69, 9.17) is 15.5 Å². The molecular weight excluding hydrogens is 1160 g/mol. The summed E-state index contributed by atoms with van der Waals surface area (Å²) >= 11 is 2.50. The molecule has 88 heavy (non-hydrogen) atoms. The maximum Gasteiger partial charge on any atom is 0.306 e. The number of likely N-dealkylation sites (N-methyl/N-ethyl adjacent to an activating group) is 1. The highest BCUT2D eigenvalue weighted by atomic mass is 32.2. The van der Waals surface area contributed by atoms with Gasteiger partial charge in [0, 0.05) is 94.3 Å². The average Bonchev–Trinajstić information content (AvgIpc) is 4.31. The largest absolute Gasteiger partial charge is 0.481 e. The highest BCUT2D eigenvalue weighted by molar-refractivity contribution is 8.00. The molecule has 1 aromatic heterocycles. The van der Waals surface area contributed by atoms with Crippen LogP contribution in [0.5, 0.6) is 0 Å². The number of piperidine rings is 1. The van der Waals surface area contributed by atoms with Crippen LogP contribution in [0.2, 0.25) is 0 Å². The zero-order valence-electron chi connectivity index (χ0n) is 54.1. The van der Waals surface area contributed by atoms with Crippen molar-refractivity contribution in [1.29, 1.82) is 0 Å². The lowest BCUT2D eigenvalue weighted by Gasteiger charge is -2.39. The molecule has 490 valence electrons. The Morgan fingerprint density at radius 1 is 0.864 bits per heavy atom. The van der Waals surface area contributed by atoms with Gasteiger partial charge in [-0.15, -0.1) is 11.3 Å². The summed E-state index contributed by atoms with van der Waals surface area (Å²) in [4.78, 5) is 155. The molecular formula is C66H101N7O13S2. The molecule has 1 aromatic carbocycles. The number of ether oxygens (including phenoxy) is 1. The van der Waals surface area contributed by atoms with Crippen molar-refractivity contribution in [3.05, 3.63) is 51.5 Å². The topological polar surface area (TPSA) is 290 Å². The number of hydrogen-bond donors (Lipinski definition) is 4. The first kappa shape index (κ1) is 74.6. The van der Waals surface area contributed by atoms with Gasteiger partial charge in [0.25, 0.3) is 5.91 Å². The molecule has 0 saturated carbocycles. The van der Waals surface area contributed by atoms with Crippen LogP contribution in [0.25, 0.3) is 0 Å². The highest BCUT2D eigenvalue weighted by Crippen LogP contribution is 2.34. The van der Waals surface area contributed by atoms with Gasteiger partial charge in [0.2, 0.25) is 29.5 Å². The Morgan fingerprint density at radius 3 is 2.14 bits per heavy atom. The van der Waals surface area contributed by atoms with Gasteiger partial charge in [0.1, 0.15) is 16.5 Å². The molecule has 22 heteroatoms. The predicted octanol–water partition coefficient (Wildman–Crippen LogP) is 8.88. The Balaban J connectivity index is 1.46. The number of hydrogen-bond acceptors (Lipinski definition) is 16. The molecule has 2 saturated heterocycles.